The van der Waals surface area contributed by atoms with E-state index in [1.165, 1.54) is 154 Å². The molecular formula is C75H131NO13. The second-order valence-electron chi connectivity index (χ2n) is 25.0. The molecule has 514 valence electrons. The van der Waals surface area contributed by atoms with E-state index in [9.17, 15) is 45.6 Å². The zero-order valence-electron chi connectivity index (χ0n) is 55.9. The molecule has 2 fully saturated rings. The van der Waals surface area contributed by atoms with E-state index >= 15 is 0 Å². The minimum Gasteiger partial charge on any atom is -0.394 e. The summed E-state index contributed by atoms with van der Waals surface area (Å²) in [6.45, 7) is 2.70. The van der Waals surface area contributed by atoms with E-state index in [-0.39, 0.29) is 18.9 Å². The Bertz CT molecular complexity index is 1860. The minimum atomic E-state index is -1.80. The van der Waals surface area contributed by atoms with Crippen LogP contribution in [0.25, 0.3) is 0 Å². The maximum absolute atomic E-state index is 13.3. The Morgan fingerprint density at radius 2 is 0.775 bits per heavy atom. The molecule has 0 aromatic rings. The van der Waals surface area contributed by atoms with Crippen LogP contribution in [0, 0.1) is 0 Å². The third-order valence-electron chi connectivity index (χ3n) is 17.0. The number of nitrogens with one attached hydrogen (secondary N) is 1. The van der Waals surface area contributed by atoms with E-state index in [4.69, 9.17) is 18.9 Å². The standard InChI is InChI=1S/C75H131NO13/c1-3-5-7-9-11-13-15-17-19-21-23-25-27-29-31-33-34-36-38-40-42-44-46-48-50-52-54-56-58-64(79)63(62-86-74-72(85)70(83)73(66(61-78)88-74)89-75-71(84)69(82)68(81)65(60-77)87-75)76-67(80)59-57-55-53-51-49-47-45-43-41-39-37-35-32-30-28-26-24-22-20-18-16-14-12-10-8-6-4-2/h6,8,12,14,18,20,24,26,30,32,37,39,43,45,56,58,63-66,68-75,77-79,81-85H,3-5,7,9-11,13,15-17,19,21-23,25,27-29,31,33-36,38,40-42,44,46-55,57,59-62H2,1-2H3,(H,76,80)/b8-6-,14-12-,20-18-,26-24-,32-30-,39-37-,45-43-,58-56+. The van der Waals surface area contributed by atoms with Crippen LogP contribution in [0.15, 0.2) is 97.2 Å². The number of ether oxygens (including phenoxy) is 4. The number of amides is 1. The van der Waals surface area contributed by atoms with Crippen LogP contribution in [0.2, 0.25) is 0 Å². The van der Waals surface area contributed by atoms with Crippen molar-refractivity contribution in [2.24, 2.45) is 0 Å². The van der Waals surface area contributed by atoms with Crippen molar-refractivity contribution in [3.05, 3.63) is 97.2 Å². The van der Waals surface area contributed by atoms with Gasteiger partial charge in [-0.25, -0.2) is 0 Å². The molecule has 2 aliphatic rings. The molecule has 0 radical (unpaired) electrons. The third-order valence-corrected chi connectivity index (χ3v) is 17.0. The normalized spacial score (nSPS) is 23.6. The molecule has 2 aliphatic heterocycles. The summed E-state index contributed by atoms with van der Waals surface area (Å²) in [7, 11) is 0. The lowest BCUT2D eigenvalue weighted by molar-refractivity contribution is -0.359. The van der Waals surface area contributed by atoms with Crippen LogP contribution in [0.5, 0.6) is 0 Å². The number of unbranched alkanes of at least 4 members (excludes halogenated alkanes) is 31. The average molecular weight is 1250 g/mol. The van der Waals surface area contributed by atoms with Gasteiger partial charge in [-0.1, -0.05) is 291 Å². The molecule has 2 saturated heterocycles. The molecule has 0 aromatic carbocycles. The van der Waals surface area contributed by atoms with Gasteiger partial charge in [-0.2, -0.15) is 0 Å². The van der Waals surface area contributed by atoms with E-state index in [2.05, 4.69) is 104 Å². The second kappa shape index (κ2) is 58.7. The van der Waals surface area contributed by atoms with Crippen LogP contribution in [0.4, 0.5) is 0 Å². The molecule has 9 N–H and O–H groups in total. The summed E-state index contributed by atoms with van der Waals surface area (Å²) in [4.78, 5) is 13.3. The quantitative estimate of drug-likeness (QED) is 0.0204. The van der Waals surface area contributed by atoms with E-state index < -0.39 is 86.8 Å². The monoisotopic (exact) mass is 1250 g/mol. The molecule has 89 heavy (non-hydrogen) atoms. The second-order valence-corrected chi connectivity index (χ2v) is 25.0. The summed E-state index contributed by atoms with van der Waals surface area (Å²) in [5.74, 6) is -0.259. The number of carbonyl (C=O) groups is 1. The zero-order chi connectivity index (χ0) is 64.5. The van der Waals surface area contributed by atoms with Gasteiger partial charge in [-0.15, -0.1) is 0 Å². The van der Waals surface area contributed by atoms with Crippen molar-refractivity contribution in [3.63, 3.8) is 0 Å². The Morgan fingerprint density at radius 1 is 0.416 bits per heavy atom. The lowest BCUT2D eigenvalue weighted by atomic mass is 9.97. The van der Waals surface area contributed by atoms with Gasteiger partial charge in [0.15, 0.2) is 12.6 Å². The number of hydrogen-bond acceptors (Lipinski definition) is 13. The predicted molar refractivity (Wildman–Crippen MR) is 364 cm³/mol. The molecule has 0 aromatic heterocycles. The fourth-order valence-corrected chi connectivity index (χ4v) is 11.3. The predicted octanol–water partition coefficient (Wildman–Crippen LogP) is 15.0. The molecular weight excluding hydrogens is 1120 g/mol. The van der Waals surface area contributed by atoms with Gasteiger partial charge in [0.05, 0.1) is 32.0 Å². The first-order valence-electron chi connectivity index (χ1n) is 36.0. The van der Waals surface area contributed by atoms with Crippen molar-refractivity contribution in [2.75, 3.05) is 19.8 Å². The van der Waals surface area contributed by atoms with Crippen molar-refractivity contribution in [2.45, 2.75) is 351 Å². The first-order valence-corrected chi connectivity index (χ1v) is 36.0. The Balaban J connectivity index is 1.70. The van der Waals surface area contributed by atoms with E-state index in [1.54, 1.807) is 6.08 Å². The Kier molecular flexibility index (Phi) is 54.1. The number of aliphatic hydroxyl groups is 8. The number of hydrogen-bond donors (Lipinski definition) is 9. The van der Waals surface area contributed by atoms with Gasteiger partial charge in [0.1, 0.15) is 48.8 Å². The number of allylic oxidation sites excluding steroid dienone is 15. The summed E-state index contributed by atoms with van der Waals surface area (Å²) >= 11 is 0. The minimum absolute atomic E-state index is 0.253. The highest BCUT2D eigenvalue weighted by atomic mass is 16.7. The van der Waals surface area contributed by atoms with E-state index in [1.807, 2.05) is 6.08 Å². The molecule has 0 spiro atoms. The molecule has 1 amide bonds. The topological polar surface area (TPSA) is 228 Å². The molecule has 14 nitrogen and oxygen atoms in total. The van der Waals surface area contributed by atoms with E-state index in [0.29, 0.717) is 6.42 Å². The molecule has 14 heteroatoms. The van der Waals surface area contributed by atoms with Crippen molar-refractivity contribution >= 4 is 5.91 Å². The highest BCUT2D eigenvalue weighted by Gasteiger charge is 2.51. The fourth-order valence-electron chi connectivity index (χ4n) is 11.3. The summed E-state index contributed by atoms with van der Waals surface area (Å²) in [6.07, 6.45) is 66.0. The van der Waals surface area contributed by atoms with Gasteiger partial charge in [-0.05, 0) is 77.0 Å². The first kappa shape index (κ1) is 82.0. The zero-order valence-corrected chi connectivity index (χ0v) is 55.9. The molecule has 0 bridgehead atoms. The first-order chi connectivity index (χ1) is 43.6. The van der Waals surface area contributed by atoms with Crippen molar-refractivity contribution in [1.82, 2.24) is 5.32 Å². The highest BCUT2D eigenvalue weighted by Crippen LogP contribution is 2.30. The molecule has 2 rings (SSSR count). The van der Waals surface area contributed by atoms with Gasteiger partial charge in [-0.3, -0.25) is 4.79 Å². The third kappa shape index (κ3) is 42.7. The maximum atomic E-state index is 13.3. The maximum Gasteiger partial charge on any atom is 0.220 e. The average Bonchev–Trinajstić information content (AvgIpc) is 2.75. The van der Waals surface area contributed by atoms with Crippen LogP contribution in [0.3, 0.4) is 0 Å². The largest absolute Gasteiger partial charge is 0.394 e. The molecule has 12 unspecified atom stereocenters. The summed E-state index contributed by atoms with van der Waals surface area (Å²) in [6, 6.07) is -0.934. The Labute approximate surface area is 541 Å². The van der Waals surface area contributed by atoms with Crippen molar-refractivity contribution < 1.29 is 64.6 Å². The number of rotatable bonds is 58. The van der Waals surface area contributed by atoms with Gasteiger partial charge in [0, 0.05) is 6.42 Å². The van der Waals surface area contributed by atoms with Crippen LogP contribution >= 0.6 is 0 Å². The molecule has 0 aliphatic carbocycles. The summed E-state index contributed by atoms with van der Waals surface area (Å²) in [5.41, 5.74) is 0. The lowest BCUT2D eigenvalue weighted by Crippen LogP contribution is -2.65. The van der Waals surface area contributed by atoms with E-state index in [0.717, 1.165) is 96.3 Å². The smallest absolute Gasteiger partial charge is 0.220 e. The summed E-state index contributed by atoms with van der Waals surface area (Å²) in [5, 5.41) is 87.5. The Morgan fingerprint density at radius 3 is 1.19 bits per heavy atom. The van der Waals surface area contributed by atoms with Gasteiger partial charge < -0.3 is 65.1 Å². The SMILES string of the molecule is CC/C=C\C/C=C\C/C=C\C/C=C\C/C=C\C/C=C\C/C=C\CCCCCCCC(=O)NC(COC1OC(CO)C(OC2OC(CO)C(O)C(O)C2O)C(O)C1O)C(O)/C=C/CCCCCCCCCCCCCCCCCCCCCCCCCCCC. The van der Waals surface area contributed by atoms with Gasteiger partial charge >= 0.3 is 0 Å². The molecule has 2 heterocycles. The number of aliphatic hydroxyl groups excluding tert-OH is 8. The summed E-state index contributed by atoms with van der Waals surface area (Å²) < 4.78 is 22.9. The van der Waals surface area contributed by atoms with Crippen LogP contribution in [-0.2, 0) is 23.7 Å². The van der Waals surface area contributed by atoms with Gasteiger partial charge in [0.2, 0.25) is 5.91 Å². The van der Waals surface area contributed by atoms with Crippen LogP contribution in [0.1, 0.15) is 277 Å². The molecule has 0 saturated carbocycles. The fraction of sp³-hybridized carbons (Fsp3) is 0.773. The van der Waals surface area contributed by atoms with Gasteiger partial charge in [0.25, 0.3) is 0 Å². The van der Waals surface area contributed by atoms with Crippen LogP contribution < -0.4 is 5.32 Å². The molecule has 12 atom stereocenters. The van der Waals surface area contributed by atoms with Crippen LogP contribution in [-0.4, -0.2) is 140 Å². The van der Waals surface area contributed by atoms with Crippen molar-refractivity contribution in [3.8, 4) is 0 Å². The highest BCUT2D eigenvalue weighted by molar-refractivity contribution is 5.76. The lowest BCUT2D eigenvalue weighted by Gasteiger charge is -2.46. The van der Waals surface area contributed by atoms with Crippen molar-refractivity contribution in [1.29, 1.82) is 0 Å². The Hall–Kier alpha value is -3.09. The number of carbonyl (C=O) groups excluding carboxylic acids is 1.